The lowest BCUT2D eigenvalue weighted by Gasteiger charge is -2.16. The highest BCUT2D eigenvalue weighted by Gasteiger charge is 2.08. The first kappa shape index (κ1) is 13.9. The van der Waals surface area contributed by atoms with Gasteiger partial charge in [0.25, 0.3) is 0 Å². The van der Waals surface area contributed by atoms with E-state index in [4.69, 9.17) is 11.5 Å². The first-order chi connectivity index (χ1) is 6.57. The SMILES string of the molecule is CCCCC(C)CCCC(C)C(N)N. The van der Waals surface area contributed by atoms with Crippen LogP contribution in [0.4, 0.5) is 0 Å². The van der Waals surface area contributed by atoms with Crippen molar-refractivity contribution in [1.29, 1.82) is 0 Å². The van der Waals surface area contributed by atoms with E-state index in [2.05, 4.69) is 20.8 Å². The van der Waals surface area contributed by atoms with Gasteiger partial charge >= 0.3 is 0 Å². The number of rotatable bonds is 8. The first-order valence-corrected chi connectivity index (χ1v) is 6.09. The number of unbranched alkanes of at least 4 members (excludes halogenated alkanes) is 1. The van der Waals surface area contributed by atoms with Crippen molar-refractivity contribution in [2.45, 2.75) is 65.5 Å². The Morgan fingerprint density at radius 2 is 1.50 bits per heavy atom. The lowest BCUT2D eigenvalue weighted by atomic mass is 9.94. The van der Waals surface area contributed by atoms with Gasteiger partial charge < -0.3 is 11.5 Å². The molecule has 0 rings (SSSR count). The van der Waals surface area contributed by atoms with E-state index in [1.54, 1.807) is 0 Å². The van der Waals surface area contributed by atoms with Crippen LogP contribution < -0.4 is 11.5 Å². The topological polar surface area (TPSA) is 52.0 Å². The number of hydrogen-bond acceptors (Lipinski definition) is 2. The summed E-state index contributed by atoms with van der Waals surface area (Å²) in [6.07, 6.45) is 7.70. The molecule has 0 fully saturated rings. The highest BCUT2D eigenvalue weighted by molar-refractivity contribution is 4.63. The largest absolute Gasteiger partial charge is 0.316 e. The van der Waals surface area contributed by atoms with Gasteiger partial charge in [-0.2, -0.15) is 0 Å². The lowest BCUT2D eigenvalue weighted by molar-refractivity contribution is 0.381. The summed E-state index contributed by atoms with van der Waals surface area (Å²) in [5.41, 5.74) is 11.2. The van der Waals surface area contributed by atoms with Crippen LogP contribution >= 0.6 is 0 Å². The summed E-state index contributed by atoms with van der Waals surface area (Å²) in [6, 6.07) is 0. The zero-order valence-electron chi connectivity index (χ0n) is 10.1. The van der Waals surface area contributed by atoms with Gasteiger partial charge in [-0.25, -0.2) is 0 Å². The molecule has 2 nitrogen and oxygen atoms in total. The normalized spacial score (nSPS) is 15.9. The minimum Gasteiger partial charge on any atom is -0.316 e. The zero-order chi connectivity index (χ0) is 11.0. The van der Waals surface area contributed by atoms with Crippen LogP contribution in [0.25, 0.3) is 0 Å². The molecule has 0 amide bonds. The summed E-state index contributed by atoms with van der Waals surface area (Å²) in [7, 11) is 0. The molecule has 0 aliphatic rings. The first-order valence-electron chi connectivity index (χ1n) is 6.09. The average Bonchev–Trinajstić information content (AvgIpc) is 2.14. The summed E-state index contributed by atoms with van der Waals surface area (Å²) in [5.74, 6) is 1.34. The summed E-state index contributed by atoms with van der Waals surface area (Å²) in [6.45, 7) is 6.74. The average molecular weight is 200 g/mol. The smallest absolute Gasteiger partial charge is 0.0547 e. The molecule has 0 radical (unpaired) electrons. The Balaban J connectivity index is 3.34. The third-order valence-electron chi connectivity index (χ3n) is 3.06. The van der Waals surface area contributed by atoms with Crippen LogP contribution in [0, 0.1) is 11.8 Å². The molecular formula is C12H28N2. The molecule has 0 aliphatic carbocycles. The van der Waals surface area contributed by atoms with Crippen molar-refractivity contribution in [3.63, 3.8) is 0 Å². The van der Waals surface area contributed by atoms with Crippen molar-refractivity contribution in [1.82, 2.24) is 0 Å². The molecule has 0 aliphatic heterocycles. The Morgan fingerprint density at radius 3 is 2.00 bits per heavy atom. The molecule has 0 spiro atoms. The van der Waals surface area contributed by atoms with E-state index in [9.17, 15) is 0 Å². The maximum absolute atomic E-state index is 5.61. The highest BCUT2D eigenvalue weighted by atomic mass is 14.9. The van der Waals surface area contributed by atoms with Gasteiger partial charge in [-0.05, 0) is 18.3 Å². The molecule has 0 heterocycles. The molecule has 0 saturated heterocycles. The standard InChI is InChI=1S/C12H28N2/c1-4-5-7-10(2)8-6-9-11(3)12(13)14/h10-12H,4-9,13-14H2,1-3H3. The monoisotopic (exact) mass is 200 g/mol. The van der Waals surface area contributed by atoms with E-state index in [0.29, 0.717) is 5.92 Å². The van der Waals surface area contributed by atoms with Crippen LogP contribution in [-0.2, 0) is 0 Å². The fourth-order valence-corrected chi connectivity index (χ4v) is 1.68. The highest BCUT2D eigenvalue weighted by Crippen LogP contribution is 2.17. The second kappa shape index (κ2) is 8.25. The summed E-state index contributed by atoms with van der Waals surface area (Å²) in [5, 5.41) is 0. The fourth-order valence-electron chi connectivity index (χ4n) is 1.68. The van der Waals surface area contributed by atoms with Crippen LogP contribution in [0.3, 0.4) is 0 Å². The Hall–Kier alpha value is -0.0800. The Bertz CT molecular complexity index is 123. The van der Waals surface area contributed by atoms with Gasteiger partial charge in [-0.3, -0.25) is 0 Å². The maximum atomic E-state index is 5.61. The Morgan fingerprint density at radius 1 is 0.929 bits per heavy atom. The quantitative estimate of drug-likeness (QED) is 0.592. The van der Waals surface area contributed by atoms with E-state index >= 15 is 0 Å². The molecule has 0 aromatic rings. The van der Waals surface area contributed by atoms with Crippen LogP contribution in [0.2, 0.25) is 0 Å². The molecule has 2 atom stereocenters. The molecular weight excluding hydrogens is 172 g/mol. The van der Waals surface area contributed by atoms with E-state index in [0.717, 1.165) is 5.92 Å². The number of hydrogen-bond donors (Lipinski definition) is 2. The summed E-state index contributed by atoms with van der Waals surface area (Å²) in [4.78, 5) is 0. The van der Waals surface area contributed by atoms with Crippen LogP contribution in [0.1, 0.15) is 59.3 Å². The van der Waals surface area contributed by atoms with Crippen LogP contribution in [0.15, 0.2) is 0 Å². The van der Waals surface area contributed by atoms with Gasteiger partial charge in [-0.1, -0.05) is 52.9 Å². The van der Waals surface area contributed by atoms with Gasteiger partial charge in [-0.15, -0.1) is 0 Å². The van der Waals surface area contributed by atoms with Gasteiger partial charge in [0.2, 0.25) is 0 Å². The molecule has 0 aromatic heterocycles. The van der Waals surface area contributed by atoms with Gasteiger partial charge in [0.1, 0.15) is 0 Å². The minimum absolute atomic E-state index is 0.138. The fraction of sp³-hybridized carbons (Fsp3) is 1.00. The minimum atomic E-state index is -0.138. The van der Waals surface area contributed by atoms with Crippen molar-refractivity contribution >= 4 is 0 Å². The molecule has 0 aromatic carbocycles. The van der Waals surface area contributed by atoms with Crippen LogP contribution in [-0.4, -0.2) is 6.17 Å². The van der Waals surface area contributed by atoms with Crippen molar-refractivity contribution in [2.24, 2.45) is 23.3 Å². The molecule has 86 valence electrons. The number of nitrogens with two attached hydrogens (primary N) is 2. The van der Waals surface area contributed by atoms with E-state index < -0.39 is 0 Å². The maximum Gasteiger partial charge on any atom is 0.0547 e. The Labute approximate surface area is 89.4 Å². The Kier molecular flexibility index (Phi) is 8.20. The van der Waals surface area contributed by atoms with Gasteiger partial charge in [0.15, 0.2) is 0 Å². The van der Waals surface area contributed by atoms with Crippen LogP contribution in [0.5, 0.6) is 0 Å². The second-order valence-corrected chi connectivity index (χ2v) is 4.73. The predicted molar refractivity (Wildman–Crippen MR) is 63.9 cm³/mol. The van der Waals surface area contributed by atoms with E-state index in [1.165, 1.54) is 38.5 Å². The van der Waals surface area contributed by atoms with Crippen molar-refractivity contribution in [3.8, 4) is 0 Å². The van der Waals surface area contributed by atoms with E-state index in [-0.39, 0.29) is 6.17 Å². The third kappa shape index (κ3) is 7.34. The molecule has 2 unspecified atom stereocenters. The molecule has 0 saturated carbocycles. The molecule has 14 heavy (non-hydrogen) atoms. The van der Waals surface area contributed by atoms with Crippen molar-refractivity contribution in [2.75, 3.05) is 0 Å². The molecule has 4 N–H and O–H groups in total. The third-order valence-corrected chi connectivity index (χ3v) is 3.06. The summed E-state index contributed by atoms with van der Waals surface area (Å²) < 4.78 is 0. The lowest BCUT2D eigenvalue weighted by Crippen LogP contribution is -2.37. The van der Waals surface area contributed by atoms with Crippen molar-refractivity contribution < 1.29 is 0 Å². The van der Waals surface area contributed by atoms with Gasteiger partial charge in [0.05, 0.1) is 6.17 Å². The van der Waals surface area contributed by atoms with Crippen molar-refractivity contribution in [3.05, 3.63) is 0 Å². The predicted octanol–water partition coefficient (Wildman–Crippen LogP) is 2.86. The zero-order valence-corrected chi connectivity index (χ0v) is 10.1. The summed E-state index contributed by atoms with van der Waals surface area (Å²) >= 11 is 0. The van der Waals surface area contributed by atoms with E-state index in [1.807, 2.05) is 0 Å². The van der Waals surface area contributed by atoms with Gasteiger partial charge in [0, 0.05) is 0 Å². The molecule has 0 bridgehead atoms. The molecule has 2 heteroatoms. The second-order valence-electron chi connectivity index (χ2n) is 4.73.